The number of carbonyl (C=O) groups is 1. The van der Waals surface area contributed by atoms with Gasteiger partial charge in [-0.2, -0.15) is 0 Å². The molecule has 0 bridgehead atoms. The number of nitrogens with zero attached hydrogens (tertiary/aromatic N) is 3. The number of amides is 1. The third-order valence-electron chi connectivity index (χ3n) is 5.26. The highest BCUT2D eigenvalue weighted by atomic mass is 16.3. The van der Waals surface area contributed by atoms with Crippen LogP contribution in [-0.4, -0.2) is 39.4 Å². The Labute approximate surface area is 184 Å². The number of furan rings is 1. The van der Waals surface area contributed by atoms with Crippen molar-refractivity contribution in [1.29, 1.82) is 0 Å². The Morgan fingerprint density at radius 1 is 1.09 bits per heavy atom. The number of aromatic nitrogens is 2. The predicted octanol–water partition coefficient (Wildman–Crippen LogP) is 2.39. The Bertz CT molecular complexity index is 1240. The van der Waals surface area contributed by atoms with Crippen LogP contribution in [0.1, 0.15) is 35.5 Å². The zero-order chi connectivity index (χ0) is 23.6. The van der Waals surface area contributed by atoms with E-state index in [9.17, 15) is 19.5 Å². The van der Waals surface area contributed by atoms with Gasteiger partial charge in [-0.05, 0) is 30.7 Å². The molecule has 0 saturated carbocycles. The van der Waals surface area contributed by atoms with Gasteiger partial charge < -0.3 is 25.1 Å². The standard InChI is InChI=1S/C22H27N5O5/c1-6-14(16-11-8-12-32-16)23-17-18(22(31)27(5)26(4)21(17)30)24-15-10-7-9-13(19(15)28)20(29)25(2)3/h7-12,14,23-24,28H,6H2,1-5H3/t14-/m1/s1. The number of rotatable bonds is 7. The van der Waals surface area contributed by atoms with E-state index in [1.165, 1.54) is 42.1 Å². The van der Waals surface area contributed by atoms with Gasteiger partial charge in [0.15, 0.2) is 5.75 Å². The van der Waals surface area contributed by atoms with Crippen LogP contribution >= 0.6 is 0 Å². The minimum Gasteiger partial charge on any atom is -0.505 e. The molecule has 0 fully saturated rings. The number of aromatic hydroxyl groups is 1. The summed E-state index contributed by atoms with van der Waals surface area (Å²) in [7, 11) is 6.09. The van der Waals surface area contributed by atoms with E-state index in [1.807, 2.05) is 6.92 Å². The van der Waals surface area contributed by atoms with Gasteiger partial charge in [0, 0.05) is 28.2 Å². The highest BCUT2D eigenvalue weighted by Crippen LogP contribution is 2.32. The van der Waals surface area contributed by atoms with Crippen LogP contribution in [0.2, 0.25) is 0 Å². The van der Waals surface area contributed by atoms with Gasteiger partial charge in [0.2, 0.25) is 0 Å². The Balaban J connectivity index is 2.13. The van der Waals surface area contributed by atoms with Crippen LogP contribution in [0.15, 0.2) is 50.6 Å². The van der Waals surface area contributed by atoms with E-state index in [0.717, 1.165) is 4.68 Å². The van der Waals surface area contributed by atoms with Gasteiger partial charge in [0.05, 0.1) is 23.6 Å². The third-order valence-corrected chi connectivity index (χ3v) is 5.26. The summed E-state index contributed by atoms with van der Waals surface area (Å²) in [6.45, 7) is 1.92. The van der Waals surface area contributed by atoms with Crippen molar-refractivity contribution >= 4 is 23.0 Å². The molecule has 0 unspecified atom stereocenters. The number of hydrogen-bond acceptors (Lipinski definition) is 7. The lowest BCUT2D eigenvalue weighted by Gasteiger charge is -2.21. The molecule has 0 aliphatic rings. The summed E-state index contributed by atoms with van der Waals surface area (Å²) in [5, 5.41) is 16.7. The van der Waals surface area contributed by atoms with E-state index in [0.29, 0.717) is 12.2 Å². The minimum absolute atomic E-state index is 0.0302. The average molecular weight is 441 g/mol. The fourth-order valence-electron chi connectivity index (χ4n) is 3.29. The van der Waals surface area contributed by atoms with Crippen LogP contribution in [0, 0.1) is 0 Å². The number of phenols is 1. The Morgan fingerprint density at radius 2 is 1.75 bits per heavy atom. The molecule has 0 radical (unpaired) electrons. The molecule has 10 nitrogen and oxygen atoms in total. The summed E-state index contributed by atoms with van der Waals surface area (Å²) < 4.78 is 7.82. The predicted molar refractivity (Wildman–Crippen MR) is 122 cm³/mol. The zero-order valence-corrected chi connectivity index (χ0v) is 18.7. The maximum absolute atomic E-state index is 13.1. The fraction of sp³-hybridized carbons (Fsp3) is 0.318. The van der Waals surface area contributed by atoms with Gasteiger partial charge in [-0.15, -0.1) is 0 Å². The first-order valence-electron chi connectivity index (χ1n) is 10.1. The molecule has 2 aromatic heterocycles. The molecule has 0 aliphatic carbocycles. The minimum atomic E-state index is -0.493. The Morgan fingerprint density at radius 3 is 2.31 bits per heavy atom. The quantitative estimate of drug-likeness (QED) is 0.481. The van der Waals surface area contributed by atoms with E-state index < -0.39 is 17.0 Å². The summed E-state index contributed by atoms with van der Waals surface area (Å²) in [4.78, 5) is 39.9. The van der Waals surface area contributed by atoms with E-state index in [2.05, 4.69) is 10.6 Å². The van der Waals surface area contributed by atoms with Crippen molar-refractivity contribution in [3.05, 3.63) is 68.6 Å². The molecule has 32 heavy (non-hydrogen) atoms. The van der Waals surface area contributed by atoms with Crippen molar-refractivity contribution < 1.29 is 14.3 Å². The molecular formula is C22H27N5O5. The summed E-state index contributed by atoms with van der Waals surface area (Å²) in [5.41, 5.74) is -0.769. The van der Waals surface area contributed by atoms with Crippen molar-refractivity contribution in [3.8, 4) is 5.75 Å². The molecule has 1 aromatic carbocycles. The summed E-state index contributed by atoms with van der Waals surface area (Å²) in [6.07, 6.45) is 2.12. The van der Waals surface area contributed by atoms with Crippen LogP contribution in [0.3, 0.4) is 0 Å². The molecule has 0 saturated heterocycles. The number of nitrogens with one attached hydrogen (secondary N) is 2. The van der Waals surface area contributed by atoms with Crippen LogP contribution in [-0.2, 0) is 14.1 Å². The molecule has 2 heterocycles. The second-order valence-corrected chi connectivity index (χ2v) is 7.55. The van der Waals surface area contributed by atoms with Crippen molar-refractivity contribution in [3.63, 3.8) is 0 Å². The topological polar surface area (TPSA) is 122 Å². The van der Waals surface area contributed by atoms with Gasteiger partial charge in [-0.25, -0.2) is 9.36 Å². The monoisotopic (exact) mass is 441 g/mol. The number of hydrogen-bond donors (Lipinski definition) is 3. The second-order valence-electron chi connectivity index (χ2n) is 7.55. The number of carbonyl (C=O) groups excluding carboxylic acids is 1. The maximum Gasteiger partial charge on any atom is 0.290 e. The number of phenolic OH excluding ortho intramolecular Hbond substituents is 1. The van der Waals surface area contributed by atoms with Crippen LogP contribution in [0.5, 0.6) is 5.75 Å². The van der Waals surface area contributed by atoms with Gasteiger partial charge in [0.25, 0.3) is 17.0 Å². The number of anilines is 3. The summed E-state index contributed by atoms with van der Waals surface area (Å²) in [6, 6.07) is 7.74. The smallest absolute Gasteiger partial charge is 0.290 e. The first-order valence-corrected chi connectivity index (χ1v) is 10.1. The van der Waals surface area contributed by atoms with Crippen molar-refractivity contribution in [2.24, 2.45) is 14.1 Å². The molecule has 3 N–H and O–H groups in total. The molecule has 1 amide bonds. The zero-order valence-electron chi connectivity index (χ0n) is 18.7. The van der Waals surface area contributed by atoms with Crippen LogP contribution < -0.4 is 21.8 Å². The Kier molecular flexibility index (Phi) is 6.42. The molecule has 10 heteroatoms. The number of para-hydroxylation sites is 1. The largest absolute Gasteiger partial charge is 0.505 e. The lowest BCUT2D eigenvalue weighted by Crippen LogP contribution is -2.38. The lowest BCUT2D eigenvalue weighted by molar-refractivity contribution is 0.0824. The molecule has 1 atom stereocenters. The molecular weight excluding hydrogens is 414 g/mol. The van der Waals surface area contributed by atoms with Crippen LogP contribution in [0.25, 0.3) is 0 Å². The normalized spacial score (nSPS) is 11.8. The second kappa shape index (κ2) is 9.04. The van der Waals surface area contributed by atoms with E-state index >= 15 is 0 Å². The molecule has 0 spiro atoms. The lowest BCUT2D eigenvalue weighted by atomic mass is 10.1. The van der Waals surface area contributed by atoms with Gasteiger partial charge in [-0.1, -0.05) is 13.0 Å². The molecule has 170 valence electrons. The van der Waals surface area contributed by atoms with Gasteiger partial charge >= 0.3 is 0 Å². The van der Waals surface area contributed by atoms with Crippen molar-refractivity contribution in [1.82, 2.24) is 14.3 Å². The van der Waals surface area contributed by atoms with Crippen molar-refractivity contribution in [2.45, 2.75) is 19.4 Å². The SMILES string of the molecule is CC[C@@H](Nc1c(Nc2cccc(C(=O)N(C)C)c2O)c(=O)n(C)n(C)c1=O)c1ccco1. The van der Waals surface area contributed by atoms with E-state index in [1.54, 1.807) is 32.3 Å². The third kappa shape index (κ3) is 4.11. The highest BCUT2D eigenvalue weighted by Gasteiger charge is 2.23. The summed E-state index contributed by atoms with van der Waals surface area (Å²) in [5.74, 6) is -0.106. The molecule has 0 aliphatic heterocycles. The maximum atomic E-state index is 13.1. The summed E-state index contributed by atoms with van der Waals surface area (Å²) >= 11 is 0. The Hall–Kier alpha value is -3.95. The number of benzene rings is 1. The van der Waals surface area contributed by atoms with Crippen molar-refractivity contribution in [2.75, 3.05) is 24.7 Å². The average Bonchev–Trinajstić information content (AvgIpc) is 3.31. The fourth-order valence-corrected chi connectivity index (χ4v) is 3.29. The molecule has 3 rings (SSSR count). The van der Waals surface area contributed by atoms with E-state index in [-0.39, 0.29) is 34.4 Å². The highest BCUT2D eigenvalue weighted by molar-refractivity contribution is 5.98. The van der Waals surface area contributed by atoms with E-state index in [4.69, 9.17) is 4.42 Å². The van der Waals surface area contributed by atoms with Crippen LogP contribution in [0.4, 0.5) is 17.1 Å². The van der Waals surface area contributed by atoms with Gasteiger partial charge in [0.1, 0.15) is 17.1 Å². The first-order chi connectivity index (χ1) is 15.2. The first kappa shape index (κ1) is 22.7. The molecule has 3 aromatic rings. The van der Waals surface area contributed by atoms with Gasteiger partial charge in [-0.3, -0.25) is 14.4 Å².